The highest BCUT2D eigenvalue weighted by Gasteiger charge is 2.66. The summed E-state index contributed by atoms with van der Waals surface area (Å²) >= 11 is 5.72. The number of rotatable bonds is 4. The molecule has 6 atom stereocenters. The number of hydrogen-bond donors (Lipinski definition) is 2. The molecule has 3 aliphatic carbocycles. The van der Waals surface area contributed by atoms with Crippen LogP contribution in [0.3, 0.4) is 0 Å². The van der Waals surface area contributed by atoms with Gasteiger partial charge in [0.15, 0.2) is 5.11 Å². The summed E-state index contributed by atoms with van der Waals surface area (Å²) in [5.41, 5.74) is 2.08. The minimum atomic E-state index is 0.149. The van der Waals surface area contributed by atoms with Crippen LogP contribution in [-0.2, 0) is 6.42 Å². The fraction of sp³-hybridized carbons (Fsp3) is 0.708. The van der Waals surface area contributed by atoms with Crippen molar-refractivity contribution in [3.63, 3.8) is 0 Å². The van der Waals surface area contributed by atoms with Crippen molar-refractivity contribution in [3.8, 4) is 0 Å². The molecule has 0 heterocycles. The summed E-state index contributed by atoms with van der Waals surface area (Å²) < 4.78 is 0. The predicted octanol–water partition coefficient (Wildman–Crippen LogP) is 5.18. The topological polar surface area (TPSA) is 24.1 Å². The highest BCUT2D eigenvalue weighted by atomic mass is 32.1. The maximum atomic E-state index is 5.72. The number of nitrogens with one attached hydrogen (secondary N) is 2. The van der Waals surface area contributed by atoms with Crippen LogP contribution in [0.25, 0.3) is 0 Å². The fourth-order valence-electron chi connectivity index (χ4n) is 6.74. The van der Waals surface area contributed by atoms with Crippen molar-refractivity contribution in [3.05, 3.63) is 35.9 Å². The minimum Gasteiger partial charge on any atom is -0.362 e. The zero-order valence-corrected chi connectivity index (χ0v) is 18.2. The molecule has 3 heteroatoms. The lowest BCUT2D eigenvalue weighted by atomic mass is 9.72. The van der Waals surface area contributed by atoms with Crippen LogP contribution in [0.5, 0.6) is 0 Å². The lowest BCUT2D eigenvalue weighted by Crippen LogP contribution is -2.55. The molecule has 0 amide bonds. The molecule has 0 radical (unpaired) electrons. The molecular formula is C24H36N2S. The molecule has 0 spiro atoms. The summed E-state index contributed by atoms with van der Waals surface area (Å²) in [5, 5.41) is 8.13. The summed E-state index contributed by atoms with van der Waals surface area (Å²) in [6, 6.07) is 10.6. The molecule has 148 valence electrons. The Labute approximate surface area is 170 Å². The van der Waals surface area contributed by atoms with Crippen LogP contribution in [0, 0.1) is 35.0 Å². The normalized spacial score (nSPS) is 39.0. The Balaban J connectivity index is 1.38. The van der Waals surface area contributed by atoms with Crippen molar-refractivity contribution >= 4 is 17.3 Å². The maximum Gasteiger partial charge on any atom is 0.166 e. The Kier molecular flexibility index (Phi) is 5.03. The van der Waals surface area contributed by atoms with Gasteiger partial charge in [0.05, 0.1) is 0 Å². The van der Waals surface area contributed by atoms with E-state index in [1.54, 1.807) is 0 Å². The molecule has 3 saturated carbocycles. The molecule has 0 bridgehead atoms. The number of fused-ring (bicyclic) bond motifs is 3. The first-order valence-corrected chi connectivity index (χ1v) is 11.3. The standard InChI is InChI=1S/C24H36N2S/c1-16-10-11-18-20(16)21-19(23(21,2)3)12-14-24(18,4)26-22(27)25-15-13-17-8-6-5-7-9-17/h5-9,16,18-21H,10-15H2,1-4H3,(H2,25,26,27)/t16-,18-,19-,20-,21-,24-/m0/s1. The largest absolute Gasteiger partial charge is 0.362 e. The van der Waals surface area contributed by atoms with Gasteiger partial charge in [0.1, 0.15) is 0 Å². The second-order valence-electron chi connectivity index (χ2n) is 10.3. The number of hydrogen-bond acceptors (Lipinski definition) is 1. The molecule has 1 aromatic rings. The highest BCUT2D eigenvalue weighted by molar-refractivity contribution is 7.80. The quantitative estimate of drug-likeness (QED) is 0.700. The van der Waals surface area contributed by atoms with Gasteiger partial charge in [0.25, 0.3) is 0 Å². The van der Waals surface area contributed by atoms with Gasteiger partial charge >= 0.3 is 0 Å². The molecule has 0 unspecified atom stereocenters. The third-order valence-corrected chi connectivity index (χ3v) is 8.59. The van der Waals surface area contributed by atoms with Gasteiger partial charge < -0.3 is 10.6 Å². The number of thiocarbonyl (C=S) groups is 1. The van der Waals surface area contributed by atoms with E-state index in [-0.39, 0.29) is 5.54 Å². The van der Waals surface area contributed by atoms with Crippen molar-refractivity contribution in [1.29, 1.82) is 0 Å². The first kappa shape index (κ1) is 19.2. The summed E-state index contributed by atoms with van der Waals surface area (Å²) in [6.45, 7) is 10.9. The second-order valence-corrected chi connectivity index (χ2v) is 10.7. The van der Waals surface area contributed by atoms with Gasteiger partial charge in [-0.05, 0) is 85.4 Å². The van der Waals surface area contributed by atoms with E-state index in [1.807, 2.05) is 0 Å². The van der Waals surface area contributed by atoms with Crippen molar-refractivity contribution in [1.82, 2.24) is 10.6 Å². The average molecular weight is 385 g/mol. The molecule has 4 rings (SSSR count). The van der Waals surface area contributed by atoms with E-state index < -0.39 is 0 Å². The van der Waals surface area contributed by atoms with Crippen LogP contribution < -0.4 is 10.6 Å². The van der Waals surface area contributed by atoms with Gasteiger partial charge in [-0.15, -0.1) is 0 Å². The SMILES string of the molecule is C[C@H]1CC[C@H]2[C@H]1[C@@H]1[C@H](CC[C@]2(C)NC(=S)NCCc2ccccc2)C1(C)C. The predicted molar refractivity (Wildman–Crippen MR) is 118 cm³/mol. The van der Waals surface area contributed by atoms with E-state index in [9.17, 15) is 0 Å². The number of benzene rings is 1. The molecule has 0 saturated heterocycles. The van der Waals surface area contributed by atoms with Crippen LogP contribution in [0.4, 0.5) is 0 Å². The van der Waals surface area contributed by atoms with Crippen LogP contribution in [-0.4, -0.2) is 17.2 Å². The Morgan fingerprint density at radius 3 is 2.56 bits per heavy atom. The molecule has 0 aliphatic heterocycles. The zero-order valence-electron chi connectivity index (χ0n) is 17.4. The van der Waals surface area contributed by atoms with Crippen LogP contribution >= 0.6 is 12.2 Å². The Morgan fingerprint density at radius 1 is 1.07 bits per heavy atom. The van der Waals surface area contributed by atoms with Crippen molar-refractivity contribution in [2.24, 2.45) is 35.0 Å². The van der Waals surface area contributed by atoms with E-state index in [4.69, 9.17) is 12.2 Å². The van der Waals surface area contributed by atoms with E-state index >= 15 is 0 Å². The first-order chi connectivity index (χ1) is 12.8. The smallest absolute Gasteiger partial charge is 0.166 e. The average Bonchev–Trinajstić information content (AvgIpc) is 2.99. The monoisotopic (exact) mass is 384 g/mol. The summed E-state index contributed by atoms with van der Waals surface area (Å²) in [7, 11) is 0. The second kappa shape index (κ2) is 7.06. The molecule has 3 fully saturated rings. The van der Waals surface area contributed by atoms with Crippen LogP contribution in [0.2, 0.25) is 0 Å². The summed E-state index contributed by atoms with van der Waals surface area (Å²) in [4.78, 5) is 0. The summed E-state index contributed by atoms with van der Waals surface area (Å²) in [5.74, 6) is 4.36. The van der Waals surface area contributed by atoms with Gasteiger partial charge in [-0.3, -0.25) is 0 Å². The van der Waals surface area contributed by atoms with Gasteiger partial charge in [0.2, 0.25) is 0 Å². The van der Waals surface area contributed by atoms with E-state index in [2.05, 4.69) is 68.7 Å². The fourth-order valence-corrected chi connectivity index (χ4v) is 7.07. The van der Waals surface area contributed by atoms with Gasteiger partial charge in [-0.1, -0.05) is 57.5 Å². The van der Waals surface area contributed by atoms with E-state index in [0.717, 1.165) is 47.7 Å². The molecule has 0 aromatic heterocycles. The van der Waals surface area contributed by atoms with Crippen molar-refractivity contribution < 1.29 is 0 Å². The Morgan fingerprint density at radius 2 is 1.81 bits per heavy atom. The molecule has 3 aliphatic rings. The van der Waals surface area contributed by atoms with Crippen molar-refractivity contribution in [2.45, 2.75) is 65.3 Å². The van der Waals surface area contributed by atoms with Crippen LogP contribution in [0.1, 0.15) is 58.9 Å². The van der Waals surface area contributed by atoms with Gasteiger partial charge in [0, 0.05) is 12.1 Å². The third-order valence-electron chi connectivity index (χ3n) is 8.34. The van der Waals surface area contributed by atoms with Gasteiger partial charge in [-0.2, -0.15) is 0 Å². The molecule has 2 N–H and O–H groups in total. The van der Waals surface area contributed by atoms with E-state index in [1.165, 1.54) is 31.2 Å². The molecule has 1 aromatic carbocycles. The summed E-state index contributed by atoms with van der Waals surface area (Å²) in [6.07, 6.45) is 6.38. The first-order valence-electron chi connectivity index (χ1n) is 10.9. The van der Waals surface area contributed by atoms with Gasteiger partial charge in [-0.25, -0.2) is 0 Å². The maximum absolute atomic E-state index is 5.72. The molecule has 27 heavy (non-hydrogen) atoms. The zero-order chi connectivity index (χ0) is 19.2. The third kappa shape index (κ3) is 3.52. The van der Waals surface area contributed by atoms with Crippen LogP contribution in [0.15, 0.2) is 30.3 Å². The molecule has 2 nitrogen and oxygen atoms in total. The molecular weight excluding hydrogens is 348 g/mol. The Hall–Kier alpha value is -1.09. The Bertz CT molecular complexity index is 685. The van der Waals surface area contributed by atoms with E-state index in [0.29, 0.717) is 5.41 Å². The minimum absolute atomic E-state index is 0.149. The lowest BCUT2D eigenvalue weighted by molar-refractivity contribution is 0.157. The highest BCUT2D eigenvalue weighted by Crippen LogP contribution is 2.71. The lowest BCUT2D eigenvalue weighted by Gasteiger charge is -2.41. The van der Waals surface area contributed by atoms with Crippen molar-refractivity contribution in [2.75, 3.05) is 6.54 Å².